The highest BCUT2D eigenvalue weighted by molar-refractivity contribution is 5.90. The van der Waals surface area contributed by atoms with E-state index in [1.165, 1.54) is 0 Å². The molecule has 0 atom stereocenters. The molecule has 0 bridgehead atoms. The number of anilines is 1. The summed E-state index contributed by atoms with van der Waals surface area (Å²) in [5.41, 5.74) is 8.62. The predicted octanol–water partition coefficient (Wildman–Crippen LogP) is 1.90. The standard InChI is InChI=1S/C10H12N2O/c1-13-6-8-5-7-3-2-4-9(11)10(7)12-8/h2-5,12H,6,11H2,1H3. The highest BCUT2D eigenvalue weighted by Gasteiger charge is 2.01. The summed E-state index contributed by atoms with van der Waals surface area (Å²) in [5.74, 6) is 0. The molecule has 0 spiro atoms. The Morgan fingerprint density at radius 1 is 1.46 bits per heavy atom. The number of nitrogen functional groups attached to an aromatic ring is 1. The fourth-order valence-electron chi connectivity index (χ4n) is 1.47. The van der Waals surface area contributed by atoms with Crippen molar-refractivity contribution in [1.82, 2.24) is 4.98 Å². The summed E-state index contributed by atoms with van der Waals surface area (Å²) in [7, 11) is 1.68. The molecule has 0 aliphatic rings. The number of nitrogens with two attached hydrogens (primary N) is 1. The summed E-state index contributed by atoms with van der Waals surface area (Å²) in [5, 5.41) is 1.13. The first kappa shape index (κ1) is 8.13. The molecular formula is C10H12N2O. The van der Waals surface area contributed by atoms with E-state index in [9.17, 15) is 0 Å². The van der Waals surface area contributed by atoms with Gasteiger partial charge >= 0.3 is 0 Å². The number of H-pyrrole nitrogens is 1. The zero-order chi connectivity index (χ0) is 9.26. The van der Waals surface area contributed by atoms with Crippen LogP contribution in [0.25, 0.3) is 10.9 Å². The Bertz CT molecular complexity index is 420. The van der Waals surface area contributed by atoms with Gasteiger partial charge in [-0.25, -0.2) is 0 Å². The van der Waals surface area contributed by atoms with Crippen molar-refractivity contribution in [3.05, 3.63) is 30.0 Å². The minimum Gasteiger partial charge on any atom is -0.397 e. The van der Waals surface area contributed by atoms with Crippen LogP contribution in [0, 0.1) is 0 Å². The summed E-state index contributed by atoms with van der Waals surface area (Å²) < 4.78 is 5.03. The third-order valence-electron chi connectivity index (χ3n) is 2.04. The second kappa shape index (κ2) is 3.11. The van der Waals surface area contributed by atoms with Crippen molar-refractivity contribution in [2.45, 2.75) is 6.61 Å². The molecule has 1 aromatic carbocycles. The molecule has 1 heterocycles. The van der Waals surface area contributed by atoms with Crippen LogP contribution in [0.3, 0.4) is 0 Å². The highest BCUT2D eigenvalue weighted by atomic mass is 16.5. The SMILES string of the molecule is COCc1cc2cccc(N)c2[nH]1. The van der Waals surface area contributed by atoms with Crippen molar-refractivity contribution >= 4 is 16.6 Å². The smallest absolute Gasteiger partial charge is 0.0862 e. The number of rotatable bonds is 2. The van der Waals surface area contributed by atoms with Crippen LogP contribution in [0.1, 0.15) is 5.69 Å². The van der Waals surface area contributed by atoms with Crippen molar-refractivity contribution in [3.63, 3.8) is 0 Å². The van der Waals surface area contributed by atoms with Crippen molar-refractivity contribution in [1.29, 1.82) is 0 Å². The van der Waals surface area contributed by atoms with Crippen molar-refractivity contribution in [2.75, 3.05) is 12.8 Å². The molecule has 68 valence electrons. The normalized spacial score (nSPS) is 10.8. The number of hydrogen-bond acceptors (Lipinski definition) is 2. The summed E-state index contributed by atoms with van der Waals surface area (Å²) in [6.45, 7) is 0.591. The Kier molecular flexibility index (Phi) is 1.94. The summed E-state index contributed by atoms with van der Waals surface area (Å²) in [6.07, 6.45) is 0. The molecule has 0 aliphatic heterocycles. The molecule has 0 aliphatic carbocycles. The molecule has 0 amide bonds. The van der Waals surface area contributed by atoms with Crippen LogP contribution in [0.15, 0.2) is 24.3 Å². The molecule has 0 fully saturated rings. The number of fused-ring (bicyclic) bond motifs is 1. The molecule has 2 rings (SSSR count). The van der Waals surface area contributed by atoms with E-state index < -0.39 is 0 Å². The van der Waals surface area contributed by atoms with E-state index in [2.05, 4.69) is 11.1 Å². The third kappa shape index (κ3) is 1.38. The van der Waals surface area contributed by atoms with E-state index in [0.717, 1.165) is 22.3 Å². The van der Waals surface area contributed by atoms with E-state index in [1.807, 2.05) is 18.2 Å². The molecule has 0 radical (unpaired) electrons. The maximum Gasteiger partial charge on any atom is 0.0862 e. The first-order valence-electron chi connectivity index (χ1n) is 4.16. The second-order valence-electron chi connectivity index (χ2n) is 3.04. The van der Waals surface area contributed by atoms with Gasteiger partial charge < -0.3 is 15.5 Å². The van der Waals surface area contributed by atoms with Crippen LogP contribution in [-0.2, 0) is 11.3 Å². The first-order chi connectivity index (χ1) is 6.31. The first-order valence-corrected chi connectivity index (χ1v) is 4.16. The molecule has 13 heavy (non-hydrogen) atoms. The number of nitrogens with one attached hydrogen (secondary N) is 1. The number of ether oxygens (including phenoxy) is 1. The van der Waals surface area contributed by atoms with Gasteiger partial charge in [-0.2, -0.15) is 0 Å². The van der Waals surface area contributed by atoms with Gasteiger partial charge in [-0.1, -0.05) is 12.1 Å². The van der Waals surface area contributed by atoms with E-state index in [1.54, 1.807) is 7.11 Å². The molecule has 0 saturated carbocycles. The fraction of sp³-hybridized carbons (Fsp3) is 0.200. The van der Waals surface area contributed by atoms with Gasteiger partial charge in [-0.15, -0.1) is 0 Å². The molecule has 0 unspecified atom stereocenters. The fourth-order valence-corrected chi connectivity index (χ4v) is 1.47. The second-order valence-corrected chi connectivity index (χ2v) is 3.04. The van der Waals surface area contributed by atoms with Gasteiger partial charge in [0.25, 0.3) is 0 Å². The van der Waals surface area contributed by atoms with E-state index in [4.69, 9.17) is 10.5 Å². The van der Waals surface area contributed by atoms with Gasteiger partial charge in [0.1, 0.15) is 0 Å². The number of methoxy groups -OCH3 is 1. The lowest BCUT2D eigenvalue weighted by atomic mass is 10.2. The Morgan fingerprint density at radius 3 is 3.00 bits per heavy atom. The Morgan fingerprint density at radius 2 is 2.31 bits per heavy atom. The maximum absolute atomic E-state index is 5.79. The van der Waals surface area contributed by atoms with Crippen molar-refractivity contribution in [3.8, 4) is 0 Å². The average molecular weight is 176 g/mol. The Balaban J connectivity index is 2.55. The lowest BCUT2D eigenvalue weighted by Crippen LogP contribution is -1.87. The zero-order valence-electron chi connectivity index (χ0n) is 7.50. The monoisotopic (exact) mass is 176 g/mol. The number of benzene rings is 1. The van der Waals surface area contributed by atoms with Gasteiger partial charge in [0.05, 0.1) is 17.8 Å². The van der Waals surface area contributed by atoms with Gasteiger partial charge in [-0.05, 0) is 12.1 Å². The van der Waals surface area contributed by atoms with Gasteiger partial charge in [0.2, 0.25) is 0 Å². The summed E-state index contributed by atoms with van der Waals surface area (Å²) >= 11 is 0. The van der Waals surface area contributed by atoms with Crippen LogP contribution in [0.2, 0.25) is 0 Å². The van der Waals surface area contributed by atoms with Crippen LogP contribution in [0.4, 0.5) is 5.69 Å². The number of para-hydroxylation sites is 1. The van der Waals surface area contributed by atoms with Crippen molar-refractivity contribution < 1.29 is 4.74 Å². The van der Waals surface area contributed by atoms with Crippen LogP contribution in [0.5, 0.6) is 0 Å². The number of aromatic amines is 1. The van der Waals surface area contributed by atoms with E-state index >= 15 is 0 Å². The van der Waals surface area contributed by atoms with Crippen molar-refractivity contribution in [2.24, 2.45) is 0 Å². The predicted molar refractivity (Wildman–Crippen MR) is 53.4 cm³/mol. The van der Waals surface area contributed by atoms with Crippen LogP contribution < -0.4 is 5.73 Å². The molecule has 3 nitrogen and oxygen atoms in total. The molecule has 0 saturated heterocycles. The largest absolute Gasteiger partial charge is 0.397 e. The van der Waals surface area contributed by atoms with Gasteiger partial charge in [-0.3, -0.25) is 0 Å². The van der Waals surface area contributed by atoms with E-state index in [0.29, 0.717) is 6.61 Å². The minimum absolute atomic E-state index is 0.591. The number of hydrogen-bond donors (Lipinski definition) is 2. The molecular weight excluding hydrogens is 164 g/mol. The third-order valence-corrected chi connectivity index (χ3v) is 2.04. The Labute approximate surface area is 76.5 Å². The van der Waals surface area contributed by atoms with Gasteiger partial charge in [0.15, 0.2) is 0 Å². The topological polar surface area (TPSA) is 51.0 Å². The molecule has 2 aromatic rings. The van der Waals surface area contributed by atoms with Crippen LogP contribution in [-0.4, -0.2) is 12.1 Å². The zero-order valence-corrected chi connectivity index (χ0v) is 7.50. The van der Waals surface area contributed by atoms with Crippen LogP contribution >= 0.6 is 0 Å². The molecule has 3 heteroatoms. The van der Waals surface area contributed by atoms with Gasteiger partial charge in [0, 0.05) is 18.2 Å². The highest BCUT2D eigenvalue weighted by Crippen LogP contribution is 2.21. The maximum atomic E-state index is 5.79. The minimum atomic E-state index is 0.591. The van der Waals surface area contributed by atoms with E-state index in [-0.39, 0.29) is 0 Å². The molecule has 1 aromatic heterocycles. The lowest BCUT2D eigenvalue weighted by Gasteiger charge is -1.94. The lowest BCUT2D eigenvalue weighted by molar-refractivity contribution is 0.182. The average Bonchev–Trinajstić information content (AvgIpc) is 2.49. The summed E-state index contributed by atoms with van der Waals surface area (Å²) in [4.78, 5) is 3.21. The summed E-state index contributed by atoms with van der Waals surface area (Å²) in [6, 6.07) is 7.91. The number of aromatic nitrogens is 1. The quantitative estimate of drug-likeness (QED) is 0.686. The molecule has 3 N–H and O–H groups in total. The Hall–Kier alpha value is -1.48.